The van der Waals surface area contributed by atoms with Gasteiger partial charge < -0.3 is 19.3 Å². The van der Waals surface area contributed by atoms with Crippen LogP contribution >= 0.6 is 0 Å². The van der Waals surface area contributed by atoms with Crippen molar-refractivity contribution in [3.05, 3.63) is 11.1 Å². The van der Waals surface area contributed by atoms with Gasteiger partial charge in [-0.1, -0.05) is 20.8 Å². The summed E-state index contributed by atoms with van der Waals surface area (Å²) in [6.07, 6.45) is 3.07. The number of methoxy groups -OCH3 is 1. The normalized spacial score (nSPS) is 50.1. The van der Waals surface area contributed by atoms with Crippen molar-refractivity contribution in [3.8, 4) is 0 Å². The van der Waals surface area contributed by atoms with Crippen LogP contribution in [0.4, 0.5) is 0 Å². The molecule has 1 spiro atoms. The zero-order valence-electron chi connectivity index (χ0n) is 16.6. The van der Waals surface area contributed by atoms with E-state index in [1.54, 1.807) is 7.11 Å². The molecule has 5 heteroatoms. The molecule has 0 radical (unpaired) electrons. The second-order valence-electron chi connectivity index (χ2n) is 9.42. The average molecular weight is 364 g/mol. The summed E-state index contributed by atoms with van der Waals surface area (Å²) in [5.41, 5.74) is 0.580. The molecule has 0 aromatic rings. The van der Waals surface area contributed by atoms with Crippen LogP contribution in [0.5, 0.6) is 0 Å². The molecule has 0 aromatic carbocycles. The fraction of sp³-hybridized carbons (Fsp3) is 0.857. The Hall–Kier alpha value is -0.750. The van der Waals surface area contributed by atoms with Gasteiger partial charge in [0, 0.05) is 18.4 Å². The zero-order valence-corrected chi connectivity index (χ0v) is 16.6. The molecule has 26 heavy (non-hydrogen) atoms. The second-order valence-corrected chi connectivity index (χ2v) is 9.42. The van der Waals surface area contributed by atoms with Crippen molar-refractivity contribution in [1.82, 2.24) is 0 Å². The number of hydrogen-bond acceptors (Lipinski definition) is 5. The molecule has 7 atom stereocenters. The molecule has 0 aromatic heterocycles. The molecule has 2 saturated heterocycles. The Morgan fingerprint density at radius 2 is 2.12 bits per heavy atom. The molecule has 7 unspecified atom stereocenters. The van der Waals surface area contributed by atoms with Gasteiger partial charge in [-0.15, -0.1) is 0 Å². The molecule has 1 saturated carbocycles. The van der Waals surface area contributed by atoms with E-state index < -0.39 is 17.3 Å². The molecule has 1 N–H and O–H groups in total. The van der Waals surface area contributed by atoms with Crippen LogP contribution in [0.3, 0.4) is 0 Å². The zero-order chi connectivity index (χ0) is 18.9. The predicted octanol–water partition coefficient (Wildman–Crippen LogP) is 2.51. The standard InChI is InChI=1S/C21H32O5/c1-12(2)14-8-17-21(26-17)19(3)7-6-13(9-22)15(10-24-5)16(19)11-25-20(21,4)18(14)23/h9,12,14,16-18,23H,6-8,10-11H2,1-5H3. The van der Waals surface area contributed by atoms with E-state index in [0.717, 1.165) is 36.7 Å². The van der Waals surface area contributed by atoms with Gasteiger partial charge >= 0.3 is 0 Å². The summed E-state index contributed by atoms with van der Waals surface area (Å²) in [7, 11) is 1.67. The number of aliphatic hydroxyl groups is 1. The lowest BCUT2D eigenvalue weighted by atomic mass is 9.49. The van der Waals surface area contributed by atoms with Crippen molar-refractivity contribution in [3.63, 3.8) is 0 Å². The van der Waals surface area contributed by atoms with Crippen LogP contribution in [0.25, 0.3) is 0 Å². The van der Waals surface area contributed by atoms with Crippen molar-refractivity contribution >= 4 is 6.29 Å². The number of aldehydes is 1. The minimum atomic E-state index is -0.701. The Labute approximate surface area is 156 Å². The minimum absolute atomic E-state index is 0.0947. The summed E-state index contributed by atoms with van der Waals surface area (Å²) >= 11 is 0. The lowest BCUT2D eigenvalue weighted by molar-refractivity contribution is -0.256. The van der Waals surface area contributed by atoms with Crippen LogP contribution in [-0.4, -0.2) is 55.1 Å². The molecule has 2 heterocycles. The molecule has 3 fully saturated rings. The number of carbonyl (C=O) groups excluding carboxylic acids is 1. The summed E-state index contributed by atoms with van der Waals surface area (Å²) in [5, 5.41) is 11.3. The quantitative estimate of drug-likeness (QED) is 0.613. The van der Waals surface area contributed by atoms with Gasteiger partial charge in [-0.3, -0.25) is 4.79 Å². The Kier molecular flexibility index (Phi) is 4.20. The largest absolute Gasteiger partial charge is 0.390 e. The van der Waals surface area contributed by atoms with Gasteiger partial charge in [-0.25, -0.2) is 0 Å². The van der Waals surface area contributed by atoms with Crippen molar-refractivity contribution in [2.75, 3.05) is 20.3 Å². The Bertz CT molecular complexity index is 642. The molecule has 0 bridgehead atoms. The number of allylic oxidation sites excluding steroid dienone is 1. The van der Waals surface area contributed by atoms with E-state index in [1.165, 1.54) is 0 Å². The number of carbonyl (C=O) groups is 1. The number of epoxide rings is 1. The Morgan fingerprint density at radius 3 is 2.73 bits per heavy atom. The molecule has 4 aliphatic rings. The Balaban J connectivity index is 1.77. The fourth-order valence-corrected chi connectivity index (χ4v) is 6.55. The highest BCUT2D eigenvalue weighted by molar-refractivity contribution is 5.75. The van der Waals surface area contributed by atoms with Crippen LogP contribution in [0.1, 0.15) is 47.0 Å². The van der Waals surface area contributed by atoms with Crippen LogP contribution < -0.4 is 0 Å². The van der Waals surface area contributed by atoms with Crippen molar-refractivity contribution in [1.29, 1.82) is 0 Å². The summed E-state index contributed by atoms with van der Waals surface area (Å²) < 4.78 is 18.3. The van der Waals surface area contributed by atoms with E-state index in [2.05, 4.69) is 20.8 Å². The second kappa shape index (κ2) is 5.87. The molecule has 4 rings (SSSR count). The van der Waals surface area contributed by atoms with Crippen LogP contribution in [0.2, 0.25) is 0 Å². The highest BCUT2D eigenvalue weighted by atomic mass is 16.7. The molecule has 5 nitrogen and oxygen atoms in total. The third-order valence-corrected chi connectivity index (χ3v) is 8.13. The molecular formula is C21H32O5. The fourth-order valence-electron chi connectivity index (χ4n) is 6.55. The maximum absolute atomic E-state index is 11.6. The summed E-state index contributed by atoms with van der Waals surface area (Å²) in [5.74, 6) is 0.663. The predicted molar refractivity (Wildman–Crippen MR) is 96.7 cm³/mol. The maximum atomic E-state index is 11.6. The van der Waals surface area contributed by atoms with Gasteiger partial charge in [-0.05, 0) is 49.2 Å². The third kappa shape index (κ3) is 2.03. The number of fused-ring (bicyclic) bond motifs is 1. The summed E-state index contributed by atoms with van der Waals surface area (Å²) in [4.78, 5) is 11.6. The average Bonchev–Trinajstić information content (AvgIpc) is 3.34. The number of rotatable bonds is 4. The first-order chi connectivity index (χ1) is 12.3. The van der Waals surface area contributed by atoms with E-state index >= 15 is 0 Å². The first kappa shape index (κ1) is 18.6. The third-order valence-electron chi connectivity index (χ3n) is 8.13. The van der Waals surface area contributed by atoms with E-state index in [1.807, 2.05) is 6.92 Å². The molecular weight excluding hydrogens is 332 g/mol. The topological polar surface area (TPSA) is 68.3 Å². The Morgan fingerprint density at radius 1 is 1.38 bits per heavy atom. The van der Waals surface area contributed by atoms with Crippen LogP contribution in [0, 0.1) is 23.2 Å². The highest BCUT2D eigenvalue weighted by Crippen LogP contribution is 2.72. The van der Waals surface area contributed by atoms with Crippen molar-refractivity contribution < 1.29 is 24.1 Å². The van der Waals surface area contributed by atoms with Gasteiger partial charge in [0.2, 0.25) is 0 Å². The number of hydrogen-bond donors (Lipinski definition) is 1. The molecule has 2 aliphatic carbocycles. The molecule has 0 amide bonds. The van der Waals surface area contributed by atoms with Crippen LogP contribution in [0.15, 0.2) is 11.1 Å². The number of aliphatic hydroxyl groups excluding tert-OH is 1. The first-order valence-corrected chi connectivity index (χ1v) is 9.92. The monoisotopic (exact) mass is 364 g/mol. The van der Waals surface area contributed by atoms with Crippen LogP contribution in [-0.2, 0) is 19.0 Å². The summed E-state index contributed by atoms with van der Waals surface area (Å²) in [6, 6.07) is 0. The lowest BCUT2D eigenvalue weighted by Gasteiger charge is -2.60. The van der Waals surface area contributed by atoms with Crippen molar-refractivity contribution in [2.24, 2.45) is 23.2 Å². The summed E-state index contributed by atoms with van der Waals surface area (Å²) in [6.45, 7) is 9.60. The van der Waals surface area contributed by atoms with Crippen molar-refractivity contribution in [2.45, 2.75) is 70.4 Å². The van der Waals surface area contributed by atoms with Gasteiger partial charge in [0.15, 0.2) is 0 Å². The van der Waals surface area contributed by atoms with E-state index in [-0.39, 0.29) is 23.4 Å². The van der Waals surface area contributed by atoms with E-state index in [0.29, 0.717) is 19.1 Å². The van der Waals surface area contributed by atoms with Gasteiger partial charge in [-0.2, -0.15) is 0 Å². The SMILES string of the molecule is COCC1=C(C=O)CCC2(C)C1COC1(C)C(O)C(C(C)C)CC3OC321. The minimum Gasteiger partial charge on any atom is -0.390 e. The van der Waals surface area contributed by atoms with Gasteiger partial charge in [0.1, 0.15) is 17.5 Å². The lowest BCUT2D eigenvalue weighted by Crippen LogP contribution is -2.72. The van der Waals surface area contributed by atoms with E-state index in [4.69, 9.17) is 14.2 Å². The highest BCUT2D eigenvalue weighted by Gasteiger charge is 2.83. The van der Waals surface area contributed by atoms with E-state index in [9.17, 15) is 9.90 Å². The molecule has 146 valence electrons. The number of ether oxygens (including phenoxy) is 3. The maximum Gasteiger partial charge on any atom is 0.146 e. The smallest absolute Gasteiger partial charge is 0.146 e. The molecule has 2 aliphatic heterocycles. The van der Waals surface area contributed by atoms with Gasteiger partial charge in [0.25, 0.3) is 0 Å². The first-order valence-electron chi connectivity index (χ1n) is 9.92. The van der Waals surface area contributed by atoms with Gasteiger partial charge in [0.05, 0.1) is 25.4 Å².